The SMILES string of the molecule is COc1ccccc1C(=O)NCCN(O)C=O. The highest BCUT2D eigenvalue weighted by Crippen LogP contribution is 2.16. The summed E-state index contributed by atoms with van der Waals surface area (Å²) in [6, 6.07) is 6.79. The Hall–Kier alpha value is -2.08. The lowest BCUT2D eigenvalue weighted by Gasteiger charge is -2.11. The summed E-state index contributed by atoms with van der Waals surface area (Å²) in [6.07, 6.45) is 0.273. The van der Waals surface area contributed by atoms with Gasteiger partial charge in [0, 0.05) is 6.54 Å². The topological polar surface area (TPSA) is 78.9 Å². The van der Waals surface area contributed by atoms with Crippen molar-refractivity contribution in [2.75, 3.05) is 20.2 Å². The van der Waals surface area contributed by atoms with Gasteiger partial charge in [-0.15, -0.1) is 0 Å². The van der Waals surface area contributed by atoms with Gasteiger partial charge in [0.25, 0.3) is 5.91 Å². The molecule has 1 aromatic carbocycles. The zero-order chi connectivity index (χ0) is 12.7. The predicted molar refractivity (Wildman–Crippen MR) is 59.9 cm³/mol. The number of hydrogen-bond acceptors (Lipinski definition) is 4. The number of hydroxylamine groups is 2. The third kappa shape index (κ3) is 3.76. The molecule has 17 heavy (non-hydrogen) atoms. The van der Waals surface area contributed by atoms with Crippen LogP contribution < -0.4 is 10.1 Å². The lowest BCUT2D eigenvalue weighted by Crippen LogP contribution is -2.32. The van der Waals surface area contributed by atoms with Crippen molar-refractivity contribution in [3.63, 3.8) is 0 Å². The Labute approximate surface area is 98.8 Å². The maximum atomic E-state index is 11.7. The van der Waals surface area contributed by atoms with Gasteiger partial charge in [0.05, 0.1) is 19.2 Å². The zero-order valence-corrected chi connectivity index (χ0v) is 9.42. The lowest BCUT2D eigenvalue weighted by atomic mass is 10.2. The molecule has 1 aromatic rings. The van der Waals surface area contributed by atoms with Gasteiger partial charge in [0.15, 0.2) is 0 Å². The van der Waals surface area contributed by atoms with Gasteiger partial charge in [-0.25, -0.2) is 5.06 Å². The molecule has 0 heterocycles. The van der Waals surface area contributed by atoms with E-state index in [0.29, 0.717) is 16.4 Å². The number of methoxy groups -OCH3 is 1. The number of hydrogen-bond donors (Lipinski definition) is 2. The van der Waals surface area contributed by atoms with Crippen LogP contribution in [0.1, 0.15) is 10.4 Å². The van der Waals surface area contributed by atoms with Crippen molar-refractivity contribution in [2.45, 2.75) is 0 Å². The van der Waals surface area contributed by atoms with Crippen LogP contribution in [0.15, 0.2) is 24.3 Å². The molecule has 0 aliphatic rings. The molecule has 0 bridgehead atoms. The van der Waals surface area contributed by atoms with Crippen molar-refractivity contribution >= 4 is 12.3 Å². The van der Waals surface area contributed by atoms with E-state index in [1.807, 2.05) is 0 Å². The van der Waals surface area contributed by atoms with Crippen LogP contribution in [-0.2, 0) is 4.79 Å². The molecule has 0 saturated carbocycles. The summed E-state index contributed by atoms with van der Waals surface area (Å²) in [5.74, 6) is 0.156. The summed E-state index contributed by atoms with van der Waals surface area (Å²) in [5, 5.41) is 11.9. The number of para-hydroxylation sites is 1. The molecule has 0 aromatic heterocycles. The lowest BCUT2D eigenvalue weighted by molar-refractivity contribution is -0.149. The minimum absolute atomic E-state index is 0.0321. The first kappa shape index (κ1) is 13.0. The molecule has 0 aliphatic carbocycles. The van der Waals surface area contributed by atoms with Crippen molar-refractivity contribution in [2.24, 2.45) is 0 Å². The molecule has 2 amide bonds. The summed E-state index contributed by atoms with van der Waals surface area (Å²) >= 11 is 0. The second-order valence-electron chi connectivity index (χ2n) is 3.22. The molecule has 2 N–H and O–H groups in total. The standard InChI is InChI=1S/C11H14N2O4/c1-17-10-5-3-2-4-9(10)11(15)12-6-7-13(16)8-14/h2-5,8,16H,6-7H2,1H3,(H,12,15). The van der Waals surface area contributed by atoms with E-state index in [1.165, 1.54) is 7.11 Å². The molecule has 0 saturated heterocycles. The fourth-order valence-electron chi connectivity index (χ4n) is 1.26. The van der Waals surface area contributed by atoms with E-state index in [0.717, 1.165) is 0 Å². The Bertz CT molecular complexity index is 395. The van der Waals surface area contributed by atoms with Crippen molar-refractivity contribution < 1.29 is 19.5 Å². The minimum atomic E-state index is -0.318. The van der Waals surface area contributed by atoms with Gasteiger partial charge in [-0.05, 0) is 12.1 Å². The third-order valence-electron chi connectivity index (χ3n) is 2.10. The molecule has 0 radical (unpaired) electrons. The van der Waals surface area contributed by atoms with E-state index in [4.69, 9.17) is 9.94 Å². The smallest absolute Gasteiger partial charge is 0.255 e. The Morgan fingerprint density at radius 1 is 1.53 bits per heavy atom. The normalized spacial score (nSPS) is 9.53. The maximum absolute atomic E-state index is 11.7. The van der Waals surface area contributed by atoms with Crippen LogP contribution in [0, 0.1) is 0 Å². The van der Waals surface area contributed by atoms with Crippen LogP contribution in [0.3, 0.4) is 0 Å². The first-order chi connectivity index (χ1) is 8.19. The molecule has 92 valence electrons. The number of carbonyl (C=O) groups excluding carboxylic acids is 2. The number of amides is 2. The van der Waals surface area contributed by atoms with Crippen LogP contribution in [0.4, 0.5) is 0 Å². The first-order valence-electron chi connectivity index (χ1n) is 5.01. The molecule has 0 atom stereocenters. The summed E-state index contributed by atoms with van der Waals surface area (Å²) in [4.78, 5) is 21.8. The number of nitrogens with one attached hydrogen (secondary N) is 1. The molecule has 0 unspecified atom stereocenters. The Kier molecular flexibility index (Phi) is 4.96. The summed E-state index contributed by atoms with van der Waals surface area (Å²) in [6.45, 7) is 0.191. The molecule has 6 heteroatoms. The highest BCUT2D eigenvalue weighted by atomic mass is 16.5. The number of nitrogens with zero attached hydrogens (tertiary/aromatic N) is 1. The van der Waals surface area contributed by atoms with Crippen LogP contribution in [0.2, 0.25) is 0 Å². The largest absolute Gasteiger partial charge is 0.496 e. The third-order valence-corrected chi connectivity index (χ3v) is 2.10. The molecule has 1 rings (SSSR count). The van der Waals surface area contributed by atoms with Gasteiger partial charge in [-0.1, -0.05) is 12.1 Å². The van der Waals surface area contributed by atoms with Crippen molar-refractivity contribution in [1.29, 1.82) is 0 Å². The number of rotatable bonds is 6. The van der Waals surface area contributed by atoms with Crippen molar-refractivity contribution in [1.82, 2.24) is 10.4 Å². The average molecular weight is 238 g/mol. The highest BCUT2D eigenvalue weighted by Gasteiger charge is 2.10. The van der Waals surface area contributed by atoms with Crippen LogP contribution >= 0.6 is 0 Å². The van der Waals surface area contributed by atoms with Crippen LogP contribution in [0.5, 0.6) is 5.75 Å². The van der Waals surface area contributed by atoms with Gasteiger partial charge in [0.1, 0.15) is 5.75 Å². The molecule has 0 fully saturated rings. The van der Waals surface area contributed by atoms with E-state index >= 15 is 0 Å². The fraction of sp³-hybridized carbons (Fsp3) is 0.273. The van der Waals surface area contributed by atoms with Crippen LogP contribution in [0.25, 0.3) is 0 Å². The maximum Gasteiger partial charge on any atom is 0.255 e. The van der Waals surface area contributed by atoms with Gasteiger partial charge in [0.2, 0.25) is 6.41 Å². The first-order valence-corrected chi connectivity index (χ1v) is 5.01. The Morgan fingerprint density at radius 2 is 2.24 bits per heavy atom. The summed E-state index contributed by atoms with van der Waals surface area (Å²) in [7, 11) is 1.48. The number of benzene rings is 1. The Balaban J connectivity index is 2.55. The van der Waals surface area contributed by atoms with Crippen molar-refractivity contribution in [3.8, 4) is 5.75 Å². The van der Waals surface area contributed by atoms with E-state index < -0.39 is 0 Å². The Morgan fingerprint density at radius 3 is 2.88 bits per heavy atom. The molecule has 0 aliphatic heterocycles. The summed E-state index contributed by atoms with van der Waals surface area (Å²) in [5.41, 5.74) is 0.408. The highest BCUT2D eigenvalue weighted by molar-refractivity contribution is 5.96. The monoisotopic (exact) mass is 238 g/mol. The van der Waals surface area contributed by atoms with Gasteiger partial charge >= 0.3 is 0 Å². The number of ether oxygens (including phenoxy) is 1. The van der Waals surface area contributed by atoms with Crippen LogP contribution in [-0.4, -0.2) is 42.8 Å². The molecular weight excluding hydrogens is 224 g/mol. The van der Waals surface area contributed by atoms with E-state index in [9.17, 15) is 9.59 Å². The predicted octanol–water partition coefficient (Wildman–Crippen LogP) is 0.273. The van der Waals surface area contributed by atoms with E-state index in [1.54, 1.807) is 24.3 Å². The van der Waals surface area contributed by atoms with E-state index in [-0.39, 0.29) is 25.4 Å². The number of carbonyl (C=O) groups is 2. The minimum Gasteiger partial charge on any atom is -0.496 e. The van der Waals surface area contributed by atoms with Gasteiger partial charge < -0.3 is 10.1 Å². The molecule has 6 nitrogen and oxygen atoms in total. The zero-order valence-electron chi connectivity index (χ0n) is 9.42. The average Bonchev–Trinajstić information content (AvgIpc) is 2.38. The van der Waals surface area contributed by atoms with Gasteiger partial charge in [-0.3, -0.25) is 14.8 Å². The quantitative estimate of drug-likeness (QED) is 0.423. The van der Waals surface area contributed by atoms with E-state index in [2.05, 4.69) is 5.32 Å². The summed E-state index contributed by atoms with van der Waals surface area (Å²) < 4.78 is 5.04. The molecule has 0 spiro atoms. The van der Waals surface area contributed by atoms with Gasteiger partial charge in [-0.2, -0.15) is 0 Å². The van der Waals surface area contributed by atoms with Crippen molar-refractivity contribution in [3.05, 3.63) is 29.8 Å². The fourth-order valence-corrected chi connectivity index (χ4v) is 1.26. The second kappa shape index (κ2) is 6.49. The second-order valence-corrected chi connectivity index (χ2v) is 3.22. The molecular formula is C11H14N2O4.